The minimum Gasteiger partial charge on any atom is -0.385 e. The Morgan fingerprint density at radius 3 is 2.78 bits per heavy atom. The second-order valence-electron chi connectivity index (χ2n) is 5.12. The highest BCUT2D eigenvalue weighted by molar-refractivity contribution is 5.94. The first-order chi connectivity index (χ1) is 11.3. The molecule has 0 saturated heterocycles. The third kappa shape index (κ3) is 6.18. The lowest BCUT2D eigenvalue weighted by atomic mass is 10.2. The van der Waals surface area contributed by atoms with Crippen LogP contribution in [0.2, 0.25) is 0 Å². The second-order valence-corrected chi connectivity index (χ2v) is 5.12. The van der Waals surface area contributed by atoms with Crippen molar-refractivity contribution in [1.29, 1.82) is 0 Å². The number of nitrogens with zero attached hydrogens (tertiary/aromatic N) is 1. The fraction of sp³-hybridized carbons (Fsp3) is 0.333. The lowest BCUT2D eigenvalue weighted by molar-refractivity contribution is 0.0945. The molecule has 0 fully saturated rings. The number of carbonyl (C=O) groups is 1. The molecular weight excluding hydrogens is 292 g/mol. The maximum absolute atomic E-state index is 12.0. The highest BCUT2D eigenvalue weighted by Crippen LogP contribution is 2.06. The third-order valence-corrected chi connectivity index (χ3v) is 3.25. The zero-order valence-corrected chi connectivity index (χ0v) is 13.3. The van der Waals surface area contributed by atoms with Crippen LogP contribution in [0.1, 0.15) is 28.0 Å². The van der Waals surface area contributed by atoms with Crippen molar-refractivity contribution in [3.63, 3.8) is 0 Å². The van der Waals surface area contributed by atoms with Gasteiger partial charge in [-0.2, -0.15) is 0 Å². The van der Waals surface area contributed by atoms with Gasteiger partial charge in [0.25, 0.3) is 5.91 Å². The van der Waals surface area contributed by atoms with Crippen LogP contribution < -0.4 is 5.32 Å². The number of hydrogen-bond donors (Lipinski definition) is 1. The largest absolute Gasteiger partial charge is 0.385 e. The van der Waals surface area contributed by atoms with Crippen molar-refractivity contribution in [2.45, 2.75) is 19.6 Å². The SMILES string of the molecule is COCCCNC(=O)c1ccnc(COCc2ccccc2)c1. The van der Waals surface area contributed by atoms with Gasteiger partial charge in [0.15, 0.2) is 0 Å². The van der Waals surface area contributed by atoms with Crippen molar-refractivity contribution in [2.24, 2.45) is 0 Å². The molecule has 0 spiro atoms. The van der Waals surface area contributed by atoms with E-state index in [4.69, 9.17) is 9.47 Å². The smallest absolute Gasteiger partial charge is 0.251 e. The molecule has 1 N–H and O–H groups in total. The van der Waals surface area contributed by atoms with Gasteiger partial charge in [0.05, 0.1) is 18.9 Å². The summed E-state index contributed by atoms with van der Waals surface area (Å²) in [7, 11) is 1.65. The first-order valence-corrected chi connectivity index (χ1v) is 7.63. The standard InChI is InChI=1S/C18H22N2O3/c1-22-11-5-9-20-18(21)16-8-10-19-17(12-16)14-23-13-15-6-3-2-4-7-15/h2-4,6-8,10,12H,5,9,11,13-14H2,1H3,(H,20,21). The van der Waals surface area contributed by atoms with Gasteiger partial charge in [-0.25, -0.2) is 0 Å². The Labute approximate surface area is 136 Å². The van der Waals surface area contributed by atoms with E-state index in [1.165, 1.54) is 0 Å². The van der Waals surface area contributed by atoms with E-state index >= 15 is 0 Å². The Kier molecular flexibility index (Phi) is 7.23. The number of rotatable bonds is 9. The highest BCUT2D eigenvalue weighted by atomic mass is 16.5. The molecule has 0 bridgehead atoms. The number of carbonyl (C=O) groups excluding carboxylic acids is 1. The molecule has 5 nitrogen and oxygen atoms in total. The predicted molar refractivity (Wildman–Crippen MR) is 88.0 cm³/mol. The van der Waals surface area contributed by atoms with Gasteiger partial charge < -0.3 is 14.8 Å². The number of benzene rings is 1. The van der Waals surface area contributed by atoms with Crippen LogP contribution in [0.15, 0.2) is 48.7 Å². The number of amides is 1. The Morgan fingerprint density at radius 1 is 1.17 bits per heavy atom. The lowest BCUT2D eigenvalue weighted by Crippen LogP contribution is -2.25. The van der Waals surface area contributed by atoms with E-state index in [9.17, 15) is 4.79 Å². The van der Waals surface area contributed by atoms with Crippen LogP contribution in [0.5, 0.6) is 0 Å². The summed E-state index contributed by atoms with van der Waals surface area (Å²) in [6.07, 6.45) is 2.42. The lowest BCUT2D eigenvalue weighted by Gasteiger charge is -2.07. The van der Waals surface area contributed by atoms with Gasteiger partial charge in [-0.1, -0.05) is 30.3 Å². The number of nitrogens with one attached hydrogen (secondary N) is 1. The fourth-order valence-corrected chi connectivity index (χ4v) is 2.07. The van der Waals surface area contributed by atoms with E-state index < -0.39 is 0 Å². The minimum absolute atomic E-state index is 0.104. The molecule has 0 aliphatic carbocycles. The molecular formula is C18H22N2O3. The molecule has 23 heavy (non-hydrogen) atoms. The average Bonchev–Trinajstić information content (AvgIpc) is 2.60. The van der Waals surface area contributed by atoms with E-state index in [0.29, 0.717) is 31.9 Å². The van der Waals surface area contributed by atoms with Gasteiger partial charge in [-0.3, -0.25) is 9.78 Å². The van der Waals surface area contributed by atoms with Crippen molar-refractivity contribution >= 4 is 5.91 Å². The van der Waals surface area contributed by atoms with Crippen molar-refractivity contribution in [3.8, 4) is 0 Å². The molecule has 0 aliphatic rings. The van der Waals surface area contributed by atoms with Crippen LogP contribution in [0.25, 0.3) is 0 Å². The molecule has 0 aliphatic heterocycles. The van der Waals surface area contributed by atoms with Crippen molar-refractivity contribution in [3.05, 3.63) is 65.5 Å². The van der Waals surface area contributed by atoms with E-state index in [0.717, 1.165) is 17.7 Å². The predicted octanol–water partition coefficient (Wildman–Crippen LogP) is 2.56. The molecule has 5 heteroatoms. The Hall–Kier alpha value is -2.24. The molecule has 2 aromatic rings. The molecule has 2 rings (SSSR count). The van der Waals surface area contributed by atoms with Crippen LogP contribution in [-0.2, 0) is 22.7 Å². The van der Waals surface area contributed by atoms with Crippen molar-refractivity contribution in [2.75, 3.05) is 20.3 Å². The van der Waals surface area contributed by atoms with Crippen LogP contribution in [0.4, 0.5) is 0 Å². The maximum Gasteiger partial charge on any atom is 0.251 e. The zero-order valence-electron chi connectivity index (χ0n) is 13.3. The van der Waals surface area contributed by atoms with E-state index in [1.807, 2.05) is 30.3 Å². The Balaban J connectivity index is 1.80. The molecule has 122 valence electrons. The van der Waals surface area contributed by atoms with Crippen LogP contribution in [0, 0.1) is 0 Å². The topological polar surface area (TPSA) is 60.5 Å². The molecule has 0 radical (unpaired) electrons. The highest BCUT2D eigenvalue weighted by Gasteiger charge is 2.06. The number of hydrogen-bond acceptors (Lipinski definition) is 4. The summed E-state index contributed by atoms with van der Waals surface area (Å²) in [5, 5.41) is 2.86. The molecule has 0 saturated carbocycles. The first-order valence-electron chi connectivity index (χ1n) is 7.63. The van der Waals surface area contributed by atoms with Gasteiger partial charge in [0, 0.05) is 32.0 Å². The second kappa shape index (κ2) is 9.71. The monoisotopic (exact) mass is 314 g/mol. The summed E-state index contributed by atoms with van der Waals surface area (Å²) in [5.74, 6) is -0.104. The van der Waals surface area contributed by atoms with E-state index in [-0.39, 0.29) is 5.91 Å². The number of methoxy groups -OCH3 is 1. The number of pyridine rings is 1. The third-order valence-electron chi connectivity index (χ3n) is 3.25. The normalized spacial score (nSPS) is 10.5. The Morgan fingerprint density at radius 2 is 2.00 bits per heavy atom. The Bertz CT molecular complexity index is 602. The van der Waals surface area contributed by atoms with Gasteiger partial charge in [0.1, 0.15) is 0 Å². The van der Waals surface area contributed by atoms with Gasteiger partial charge >= 0.3 is 0 Å². The molecule has 0 atom stereocenters. The quantitative estimate of drug-likeness (QED) is 0.723. The first kappa shape index (κ1) is 17.1. The van der Waals surface area contributed by atoms with E-state index in [2.05, 4.69) is 10.3 Å². The maximum atomic E-state index is 12.0. The zero-order chi connectivity index (χ0) is 16.3. The van der Waals surface area contributed by atoms with Crippen LogP contribution in [0.3, 0.4) is 0 Å². The summed E-state index contributed by atoms with van der Waals surface area (Å²) in [6.45, 7) is 2.12. The number of aromatic nitrogens is 1. The molecule has 1 aromatic carbocycles. The van der Waals surface area contributed by atoms with Gasteiger partial charge in [-0.15, -0.1) is 0 Å². The summed E-state index contributed by atoms with van der Waals surface area (Å²) < 4.78 is 10.6. The average molecular weight is 314 g/mol. The number of ether oxygens (including phenoxy) is 2. The van der Waals surface area contributed by atoms with E-state index in [1.54, 1.807) is 25.4 Å². The fourth-order valence-electron chi connectivity index (χ4n) is 2.07. The van der Waals surface area contributed by atoms with Crippen molar-refractivity contribution in [1.82, 2.24) is 10.3 Å². The van der Waals surface area contributed by atoms with Crippen molar-refractivity contribution < 1.29 is 14.3 Å². The summed E-state index contributed by atoms with van der Waals surface area (Å²) in [5.41, 5.74) is 2.45. The molecule has 1 amide bonds. The summed E-state index contributed by atoms with van der Waals surface area (Å²) in [4.78, 5) is 16.3. The molecule has 1 aromatic heterocycles. The minimum atomic E-state index is -0.104. The molecule has 0 unspecified atom stereocenters. The van der Waals surface area contributed by atoms with Gasteiger partial charge in [0.2, 0.25) is 0 Å². The van der Waals surface area contributed by atoms with Crippen LogP contribution >= 0.6 is 0 Å². The summed E-state index contributed by atoms with van der Waals surface area (Å²) in [6, 6.07) is 13.4. The van der Waals surface area contributed by atoms with Crippen LogP contribution in [-0.4, -0.2) is 31.2 Å². The summed E-state index contributed by atoms with van der Waals surface area (Å²) >= 11 is 0. The van der Waals surface area contributed by atoms with Gasteiger partial charge in [-0.05, 0) is 24.1 Å². The molecule has 1 heterocycles.